The van der Waals surface area contributed by atoms with Crippen molar-refractivity contribution in [3.05, 3.63) is 23.3 Å². The Kier molecular flexibility index (Phi) is 4.24. The van der Waals surface area contributed by atoms with Gasteiger partial charge in [-0.15, -0.1) is 0 Å². The van der Waals surface area contributed by atoms with E-state index in [0.717, 1.165) is 11.1 Å². The van der Waals surface area contributed by atoms with Crippen molar-refractivity contribution >= 4 is 22.0 Å². The molecule has 2 N–H and O–H groups in total. The molecule has 0 radical (unpaired) electrons. The molecule has 1 spiro atoms. The number of piperidine rings is 1. The summed E-state index contributed by atoms with van der Waals surface area (Å²) in [7, 11) is -2.32. The second-order valence-corrected chi connectivity index (χ2v) is 8.39. The van der Waals surface area contributed by atoms with Crippen LogP contribution in [0.25, 0.3) is 0 Å². The van der Waals surface area contributed by atoms with Gasteiger partial charge in [0.15, 0.2) is 0 Å². The summed E-state index contributed by atoms with van der Waals surface area (Å²) in [6, 6.07) is 2.79. The molecule has 2 heterocycles. The third-order valence-corrected chi connectivity index (χ3v) is 6.91. The van der Waals surface area contributed by atoms with Crippen LogP contribution < -0.4 is 15.4 Å². The lowest BCUT2D eigenvalue weighted by Gasteiger charge is -2.36. The van der Waals surface area contributed by atoms with Crippen molar-refractivity contribution in [3.8, 4) is 5.75 Å². The van der Waals surface area contributed by atoms with Crippen LogP contribution in [0.15, 0.2) is 17.0 Å². The number of urea groups is 1. The van der Waals surface area contributed by atoms with Crippen LogP contribution in [0.3, 0.4) is 0 Å². The van der Waals surface area contributed by atoms with Crippen LogP contribution in [-0.2, 0) is 14.8 Å². The van der Waals surface area contributed by atoms with Gasteiger partial charge in [-0.25, -0.2) is 13.2 Å². The molecule has 2 aliphatic rings. The van der Waals surface area contributed by atoms with Crippen molar-refractivity contribution < 1.29 is 22.7 Å². The maximum atomic E-state index is 13.0. The van der Waals surface area contributed by atoms with E-state index in [-0.39, 0.29) is 30.8 Å². The molecule has 0 aliphatic carbocycles. The van der Waals surface area contributed by atoms with Gasteiger partial charge < -0.3 is 10.1 Å². The largest absolute Gasteiger partial charge is 0.495 e. The molecule has 9 heteroatoms. The third kappa shape index (κ3) is 2.87. The van der Waals surface area contributed by atoms with Gasteiger partial charge in [0.1, 0.15) is 16.2 Å². The highest BCUT2D eigenvalue weighted by Crippen LogP contribution is 2.33. The molecule has 8 nitrogen and oxygen atoms in total. The number of imide groups is 1. The van der Waals surface area contributed by atoms with E-state index in [4.69, 9.17) is 4.74 Å². The number of nitrogens with zero attached hydrogens (tertiary/aromatic N) is 1. The van der Waals surface area contributed by atoms with Gasteiger partial charge in [0.25, 0.3) is 5.91 Å². The second kappa shape index (κ2) is 5.99. The maximum absolute atomic E-state index is 13.0. The van der Waals surface area contributed by atoms with Crippen LogP contribution in [-0.4, -0.2) is 50.4 Å². The average Bonchev–Trinajstić information content (AvgIpc) is 2.83. The summed E-state index contributed by atoms with van der Waals surface area (Å²) in [5, 5.41) is 4.84. The lowest BCUT2D eigenvalue weighted by atomic mass is 9.89. The fourth-order valence-electron chi connectivity index (χ4n) is 3.25. The molecular weight excluding hydrogens is 346 g/mol. The van der Waals surface area contributed by atoms with E-state index in [1.807, 2.05) is 13.8 Å². The molecule has 0 atom stereocenters. The maximum Gasteiger partial charge on any atom is 0.322 e. The van der Waals surface area contributed by atoms with Crippen molar-refractivity contribution in [1.29, 1.82) is 0 Å². The summed E-state index contributed by atoms with van der Waals surface area (Å²) in [6.07, 6.45) is 0.466. The Hall–Kier alpha value is -2.13. The SMILES string of the molecule is COc1cc(C)c(C)cc1S(=O)(=O)N1CCC2(CC1)NC(=O)NC2=O. The number of carbonyl (C=O) groups is 2. The van der Waals surface area contributed by atoms with E-state index < -0.39 is 27.5 Å². The molecule has 3 rings (SSSR count). The van der Waals surface area contributed by atoms with Gasteiger partial charge in [0.2, 0.25) is 10.0 Å². The predicted octanol–water partition coefficient (Wildman–Crippen LogP) is 0.675. The molecule has 1 aromatic rings. The number of rotatable bonds is 3. The van der Waals surface area contributed by atoms with Crippen molar-refractivity contribution in [2.24, 2.45) is 0 Å². The number of hydrogen-bond donors (Lipinski definition) is 2. The summed E-state index contributed by atoms with van der Waals surface area (Å²) in [5.74, 6) is -0.0893. The first-order chi connectivity index (χ1) is 11.7. The zero-order chi connectivity index (χ0) is 18.4. The Morgan fingerprint density at radius 1 is 1.12 bits per heavy atom. The quantitative estimate of drug-likeness (QED) is 0.764. The van der Waals surface area contributed by atoms with E-state index in [9.17, 15) is 18.0 Å². The molecule has 0 unspecified atom stereocenters. The fraction of sp³-hybridized carbons (Fsp3) is 0.500. The van der Waals surface area contributed by atoms with Crippen molar-refractivity contribution in [2.75, 3.05) is 20.2 Å². The van der Waals surface area contributed by atoms with Gasteiger partial charge in [0, 0.05) is 13.1 Å². The highest BCUT2D eigenvalue weighted by atomic mass is 32.2. The molecule has 0 saturated carbocycles. The first-order valence-electron chi connectivity index (χ1n) is 7.98. The Bertz CT molecular complexity index is 842. The van der Waals surface area contributed by atoms with E-state index in [0.29, 0.717) is 5.75 Å². The summed E-state index contributed by atoms with van der Waals surface area (Å²) in [5.41, 5.74) is 0.796. The standard InChI is InChI=1S/C16H21N3O5S/c1-10-8-12(24-3)13(9-11(10)2)25(22,23)19-6-4-16(5-7-19)14(20)17-15(21)18-16/h8-9H,4-7H2,1-3H3,(H2,17,18,20,21). The number of carbonyl (C=O) groups excluding carboxylic acids is 2. The molecular formula is C16H21N3O5S. The minimum absolute atomic E-state index is 0.119. The van der Waals surface area contributed by atoms with Gasteiger partial charge in [0.05, 0.1) is 7.11 Å². The number of nitrogens with one attached hydrogen (secondary N) is 2. The minimum Gasteiger partial charge on any atom is -0.495 e. The smallest absolute Gasteiger partial charge is 0.322 e. The minimum atomic E-state index is -3.76. The monoisotopic (exact) mass is 367 g/mol. The Morgan fingerprint density at radius 3 is 2.24 bits per heavy atom. The second-order valence-electron chi connectivity index (χ2n) is 6.48. The number of aryl methyl sites for hydroxylation is 2. The molecule has 3 amide bonds. The van der Waals surface area contributed by atoms with Crippen LogP contribution in [0.1, 0.15) is 24.0 Å². The van der Waals surface area contributed by atoms with Crippen LogP contribution >= 0.6 is 0 Å². The normalized spacial score (nSPS) is 20.4. The van der Waals surface area contributed by atoms with Crippen LogP contribution in [0, 0.1) is 13.8 Å². The summed E-state index contributed by atoms with van der Waals surface area (Å²) < 4.78 is 32.7. The van der Waals surface area contributed by atoms with E-state index in [1.165, 1.54) is 11.4 Å². The van der Waals surface area contributed by atoms with Crippen LogP contribution in [0.2, 0.25) is 0 Å². The zero-order valence-corrected chi connectivity index (χ0v) is 15.2. The number of benzene rings is 1. The van der Waals surface area contributed by atoms with Gasteiger partial charge in [-0.2, -0.15) is 4.31 Å². The number of sulfonamides is 1. The molecule has 25 heavy (non-hydrogen) atoms. The van der Waals surface area contributed by atoms with E-state index in [2.05, 4.69) is 10.6 Å². The van der Waals surface area contributed by atoms with Gasteiger partial charge in [-0.3, -0.25) is 10.1 Å². The number of hydrogen-bond acceptors (Lipinski definition) is 5. The molecule has 2 aliphatic heterocycles. The highest BCUT2D eigenvalue weighted by molar-refractivity contribution is 7.89. The lowest BCUT2D eigenvalue weighted by molar-refractivity contribution is -0.125. The first kappa shape index (κ1) is 17.7. The van der Waals surface area contributed by atoms with Crippen molar-refractivity contribution in [1.82, 2.24) is 14.9 Å². The molecule has 1 aromatic carbocycles. The molecule has 0 aromatic heterocycles. The summed E-state index contributed by atoms with van der Waals surface area (Å²) in [6.45, 7) is 4.02. The molecule has 136 valence electrons. The number of methoxy groups -OCH3 is 1. The highest BCUT2D eigenvalue weighted by Gasteiger charge is 2.49. The third-order valence-electron chi connectivity index (χ3n) is 4.99. The van der Waals surface area contributed by atoms with E-state index >= 15 is 0 Å². The first-order valence-corrected chi connectivity index (χ1v) is 9.42. The van der Waals surface area contributed by atoms with Gasteiger partial charge >= 0.3 is 6.03 Å². The Labute approximate surface area is 146 Å². The van der Waals surface area contributed by atoms with Crippen molar-refractivity contribution in [2.45, 2.75) is 37.1 Å². The number of ether oxygens (including phenoxy) is 1. The topological polar surface area (TPSA) is 105 Å². The fourth-order valence-corrected chi connectivity index (χ4v) is 4.92. The molecule has 0 bridgehead atoms. The molecule has 2 saturated heterocycles. The Balaban J connectivity index is 1.87. The number of amides is 3. The van der Waals surface area contributed by atoms with Crippen LogP contribution in [0.4, 0.5) is 4.79 Å². The van der Waals surface area contributed by atoms with Gasteiger partial charge in [-0.05, 0) is 49.9 Å². The molecule has 2 fully saturated rings. The van der Waals surface area contributed by atoms with Crippen LogP contribution in [0.5, 0.6) is 5.75 Å². The van der Waals surface area contributed by atoms with Crippen molar-refractivity contribution in [3.63, 3.8) is 0 Å². The lowest BCUT2D eigenvalue weighted by Crippen LogP contribution is -2.55. The summed E-state index contributed by atoms with van der Waals surface area (Å²) >= 11 is 0. The summed E-state index contributed by atoms with van der Waals surface area (Å²) in [4.78, 5) is 23.5. The predicted molar refractivity (Wildman–Crippen MR) is 89.9 cm³/mol. The Morgan fingerprint density at radius 2 is 1.72 bits per heavy atom. The zero-order valence-electron chi connectivity index (χ0n) is 14.4. The average molecular weight is 367 g/mol. The van der Waals surface area contributed by atoms with Gasteiger partial charge in [-0.1, -0.05) is 0 Å². The van der Waals surface area contributed by atoms with E-state index in [1.54, 1.807) is 12.1 Å².